The first kappa shape index (κ1) is 17.5. The molecule has 2 aromatic carbocycles. The van der Waals surface area contributed by atoms with Gasteiger partial charge in [0.15, 0.2) is 0 Å². The highest BCUT2D eigenvalue weighted by Crippen LogP contribution is 2.24. The molecule has 0 aliphatic rings. The van der Waals surface area contributed by atoms with E-state index in [0.717, 1.165) is 11.1 Å². The van der Waals surface area contributed by atoms with Crippen LogP contribution in [0.5, 0.6) is 5.75 Å². The number of hydrogen-bond acceptors (Lipinski definition) is 3. The number of aryl methyl sites for hydroxylation is 2. The van der Waals surface area contributed by atoms with Crippen molar-refractivity contribution in [2.24, 2.45) is 0 Å². The minimum atomic E-state index is -0.743. The van der Waals surface area contributed by atoms with Crippen molar-refractivity contribution in [3.05, 3.63) is 53.6 Å². The first-order valence-electron chi connectivity index (χ1n) is 7.82. The summed E-state index contributed by atoms with van der Waals surface area (Å²) in [6, 6.07) is 12.5. The zero-order chi connectivity index (χ0) is 17.7. The van der Waals surface area contributed by atoms with Crippen LogP contribution < -0.4 is 15.4 Å². The van der Waals surface area contributed by atoms with E-state index in [4.69, 9.17) is 4.74 Å². The second kappa shape index (κ2) is 7.64. The highest BCUT2D eigenvalue weighted by molar-refractivity contribution is 6.43. The number of benzene rings is 2. The molecule has 24 heavy (non-hydrogen) atoms. The Labute approximate surface area is 142 Å². The van der Waals surface area contributed by atoms with Gasteiger partial charge in [-0.3, -0.25) is 9.59 Å². The molecule has 0 aliphatic heterocycles. The normalized spacial score (nSPS) is 10.4. The van der Waals surface area contributed by atoms with Crippen molar-refractivity contribution in [3.63, 3.8) is 0 Å². The van der Waals surface area contributed by atoms with E-state index in [2.05, 4.69) is 10.6 Å². The lowest BCUT2D eigenvalue weighted by Crippen LogP contribution is -2.29. The van der Waals surface area contributed by atoms with Crippen molar-refractivity contribution in [2.75, 3.05) is 10.6 Å². The summed E-state index contributed by atoms with van der Waals surface area (Å²) in [5.74, 6) is -0.939. The molecule has 0 aromatic heterocycles. The van der Waals surface area contributed by atoms with E-state index < -0.39 is 11.8 Å². The van der Waals surface area contributed by atoms with Crippen LogP contribution in [-0.2, 0) is 9.59 Å². The molecule has 0 spiro atoms. The van der Waals surface area contributed by atoms with E-state index >= 15 is 0 Å². The molecule has 2 aromatic rings. The lowest BCUT2D eigenvalue weighted by molar-refractivity contribution is -0.133. The molecule has 126 valence electrons. The largest absolute Gasteiger partial charge is 0.489 e. The van der Waals surface area contributed by atoms with Crippen LogP contribution in [0.1, 0.15) is 25.0 Å². The Balaban J connectivity index is 2.06. The summed E-state index contributed by atoms with van der Waals surface area (Å²) in [7, 11) is 0. The summed E-state index contributed by atoms with van der Waals surface area (Å²) < 4.78 is 5.63. The zero-order valence-corrected chi connectivity index (χ0v) is 14.3. The monoisotopic (exact) mass is 326 g/mol. The number of para-hydroxylation sites is 2. The van der Waals surface area contributed by atoms with Crippen molar-refractivity contribution in [1.82, 2.24) is 0 Å². The lowest BCUT2D eigenvalue weighted by Gasteiger charge is -2.14. The number of anilines is 2. The van der Waals surface area contributed by atoms with E-state index in [-0.39, 0.29) is 6.10 Å². The van der Waals surface area contributed by atoms with Gasteiger partial charge in [0, 0.05) is 5.69 Å². The highest BCUT2D eigenvalue weighted by atomic mass is 16.5. The molecule has 0 fully saturated rings. The van der Waals surface area contributed by atoms with Gasteiger partial charge < -0.3 is 15.4 Å². The average molecular weight is 326 g/mol. The molecule has 0 saturated carbocycles. The third kappa shape index (κ3) is 4.59. The Morgan fingerprint density at radius 1 is 0.917 bits per heavy atom. The predicted octanol–water partition coefficient (Wildman–Crippen LogP) is 3.67. The van der Waals surface area contributed by atoms with Crippen LogP contribution in [0, 0.1) is 13.8 Å². The fraction of sp³-hybridized carbons (Fsp3) is 0.263. The number of amides is 2. The molecule has 0 radical (unpaired) electrons. The van der Waals surface area contributed by atoms with Gasteiger partial charge in [-0.1, -0.05) is 18.2 Å². The molecule has 0 unspecified atom stereocenters. The second-order valence-electron chi connectivity index (χ2n) is 5.87. The standard InChI is InChI=1S/C19H22N2O3/c1-12(2)24-17-8-6-5-7-16(17)21-19(23)18(22)20-15-10-9-13(3)14(4)11-15/h5-12H,1-4H3,(H,20,22)(H,21,23). The van der Waals surface area contributed by atoms with Crippen molar-refractivity contribution in [1.29, 1.82) is 0 Å². The molecule has 2 amide bonds. The molecule has 0 aliphatic carbocycles. The maximum atomic E-state index is 12.1. The van der Waals surface area contributed by atoms with E-state index in [0.29, 0.717) is 17.1 Å². The fourth-order valence-corrected chi connectivity index (χ4v) is 2.11. The van der Waals surface area contributed by atoms with E-state index in [1.807, 2.05) is 45.9 Å². The molecule has 5 nitrogen and oxygen atoms in total. The SMILES string of the molecule is Cc1ccc(NC(=O)C(=O)Nc2ccccc2OC(C)C)cc1C. The van der Waals surface area contributed by atoms with Gasteiger partial charge in [0.25, 0.3) is 0 Å². The van der Waals surface area contributed by atoms with Gasteiger partial charge in [0.1, 0.15) is 5.75 Å². The van der Waals surface area contributed by atoms with Crippen LogP contribution in [0.15, 0.2) is 42.5 Å². The van der Waals surface area contributed by atoms with Crippen LogP contribution in [0.4, 0.5) is 11.4 Å². The van der Waals surface area contributed by atoms with E-state index in [1.165, 1.54) is 0 Å². The Hall–Kier alpha value is -2.82. The summed E-state index contributed by atoms with van der Waals surface area (Å²) in [6.07, 6.45) is -0.0348. The third-order valence-electron chi connectivity index (χ3n) is 3.47. The smallest absolute Gasteiger partial charge is 0.314 e. The summed E-state index contributed by atoms with van der Waals surface area (Å²) >= 11 is 0. The van der Waals surface area contributed by atoms with E-state index in [1.54, 1.807) is 24.3 Å². The topological polar surface area (TPSA) is 67.4 Å². The third-order valence-corrected chi connectivity index (χ3v) is 3.47. The fourth-order valence-electron chi connectivity index (χ4n) is 2.11. The quantitative estimate of drug-likeness (QED) is 0.843. The number of nitrogens with one attached hydrogen (secondary N) is 2. The van der Waals surface area contributed by atoms with Crippen LogP contribution in [0.2, 0.25) is 0 Å². The molecular weight excluding hydrogens is 304 g/mol. The molecule has 0 saturated heterocycles. The van der Waals surface area contributed by atoms with Crippen LogP contribution in [-0.4, -0.2) is 17.9 Å². The minimum absolute atomic E-state index is 0.0348. The summed E-state index contributed by atoms with van der Waals surface area (Å²) in [5, 5.41) is 5.18. The van der Waals surface area contributed by atoms with E-state index in [9.17, 15) is 9.59 Å². The first-order chi connectivity index (χ1) is 11.4. The highest BCUT2D eigenvalue weighted by Gasteiger charge is 2.16. The average Bonchev–Trinajstić information content (AvgIpc) is 2.52. The van der Waals surface area contributed by atoms with Crippen LogP contribution in [0.25, 0.3) is 0 Å². The Morgan fingerprint density at radius 3 is 2.25 bits per heavy atom. The van der Waals surface area contributed by atoms with Gasteiger partial charge in [-0.25, -0.2) is 0 Å². The Morgan fingerprint density at radius 2 is 1.58 bits per heavy atom. The van der Waals surface area contributed by atoms with Gasteiger partial charge >= 0.3 is 11.8 Å². The number of carbonyl (C=O) groups excluding carboxylic acids is 2. The molecule has 0 heterocycles. The summed E-state index contributed by atoms with van der Waals surface area (Å²) in [6.45, 7) is 7.72. The number of carbonyl (C=O) groups is 2. The molecule has 2 N–H and O–H groups in total. The van der Waals surface area contributed by atoms with Crippen molar-refractivity contribution < 1.29 is 14.3 Å². The molecule has 5 heteroatoms. The second-order valence-corrected chi connectivity index (χ2v) is 5.87. The first-order valence-corrected chi connectivity index (χ1v) is 7.82. The Kier molecular flexibility index (Phi) is 5.58. The molecule has 0 bridgehead atoms. The van der Waals surface area contributed by atoms with Crippen molar-refractivity contribution in [2.45, 2.75) is 33.8 Å². The van der Waals surface area contributed by atoms with Gasteiger partial charge in [-0.05, 0) is 63.1 Å². The van der Waals surface area contributed by atoms with Gasteiger partial charge in [-0.15, -0.1) is 0 Å². The van der Waals surface area contributed by atoms with Crippen molar-refractivity contribution in [3.8, 4) is 5.75 Å². The Bertz CT molecular complexity index is 754. The van der Waals surface area contributed by atoms with Gasteiger partial charge in [0.05, 0.1) is 11.8 Å². The minimum Gasteiger partial charge on any atom is -0.489 e. The van der Waals surface area contributed by atoms with Gasteiger partial charge in [-0.2, -0.15) is 0 Å². The molecular formula is C19H22N2O3. The molecule has 2 rings (SSSR count). The number of hydrogen-bond donors (Lipinski definition) is 2. The van der Waals surface area contributed by atoms with Crippen LogP contribution >= 0.6 is 0 Å². The summed E-state index contributed by atoms with van der Waals surface area (Å²) in [4.78, 5) is 24.2. The zero-order valence-electron chi connectivity index (χ0n) is 14.3. The lowest BCUT2D eigenvalue weighted by atomic mass is 10.1. The number of rotatable bonds is 4. The predicted molar refractivity (Wildman–Crippen MR) is 95.4 cm³/mol. The molecule has 0 atom stereocenters. The number of ether oxygens (including phenoxy) is 1. The maximum Gasteiger partial charge on any atom is 0.314 e. The summed E-state index contributed by atoms with van der Waals surface area (Å²) in [5.41, 5.74) is 3.22. The van der Waals surface area contributed by atoms with Crippen molar-refractivity contribution >= 4 is 23.2 Å². The van der Waals surface area contributed by atoms with Gasteiger partial charge in [0.2, 0.25) is 0 Å². The van der Waals surface area contributed by atoms with Crippen LogP contribution in [0.3, 0.4) is 0 Å². The maximum absolute atomic E-state index is 12.1.